The minimum Gasteiger partial charge on any atom is -0.492 e. The predicted octanol–water partition coefficient (Wildman–Crippen LogP) is 5.75. The molecule has 3 rings (SSSR count). The van der Waals surface area contributed by atoms with Crippen molar-refractivity contribution in [3.8, 4) is 11.5 Å². The van der Waals surface area contributed by atoms with Gasteiger partial charge in [0.2, 0.25) is 0 Å². The first-order chi connectivity index (χ1) is 12.5. The van der Waals surface area contributed by atoms with Gasteiger partial charge in [0, 0.05) is 10.4 Å². The summed E-state index contributed by atoms with van der Waals surface area (Å²) in [5.74, 6) is 1.86. The zero-order chi connectivity index (χ0) is 18.5. The Kier molecular flexibility index (Phi) is 6.07. The molecule has 1 atom stereocenters. The highest BCUT2D eigenvalue weighted by atomic mass is 35.5. The van der Waals surface area contributed by atoms with Gasteiger partial charge in [-0.15, -0.1) is 0 Å². The molecule has 1 heterocycles. The zero-order valence-corrected chi connectivity index (χ0v) is 15.9. The Labute approximate surface area is 162 Å². The molecule has 3 aromatic rings. The number of anilines is 1. The molecule has 0 fully saturated rings. The number of benzene rings is 2. The lowest BCUT2D eigenvalue weighted by atomic mass is 10.2. The maximum Gasteiger partial charge on any atom is 0.146 e. The number of nitrogens with two attached hydrogens (primary N) is 1. The molecule has 0 saturated heterocycles. The third-order valence-electron chi connectivity index (χ3n) is 3.94. The second-order valence-corrected chi connectivity index (χ2v) is 6.90. The number of fused-ring (bicyclic) bond motifs is 1. The Morgan fingerprint density at radius 2 is 1.92 bits per heavy atom. The van der Waals surface area contributed by atoms with Gasteiger partial charge in [-0.1, -0.05) is 35.3 Å². The van der Waals surface area contributed by atoms with Crippen LogP contribution in [0.15, 0.2) is 48.5 Å². The maximum absolute atomic E-state index is 6.10. The maximum atomic E-state index is 6.10. The number of hydrogen-bond acceptors (Lipinski definition) is 4. The summed E-state index contributed by atoms with van der Waals surface area (Å²) in [6.45, 7) is 2.58. The summed E-state index contributed by atoms with van der Waals surface area (Å²) in [6.07, 6.45) is 1.69. The van der Waals surface area contributed by atoms with Crippen LogP contribution in [0.5, 0.6) is 11.5 Å². The highest BCUT2D eigenvalue weighted by Crippen LogP contribution is 2.28. The average molecular weight is 391 g/mol. The number of rotatable bonds is 7. The number of nitrogens with zero attached hydrogens (tertiary/aromatic N) is 1. The summed E-state index contributed by atoms with van der Waals surface area (Å²) in [7, 11) is 0. The summed E-state index contributed by atoms with van der Waals surface area (Å²) >= 11 is 12.0. The van der Waals surface area contributed by atoms with Crippen LogP contribution in [0.4, 0.5) is 5.82 Å². The van der Waals surface area contributed by atoms with Crippen LogP contribution >= 0.6 is 23.2 Å². The standard InChI is InChI=1S/C20H20Cl2N2O2/c1-13(4-3-11-25-17-9-8-15(21)12-16(17)22)26-18-6-2-5-14-7-10-19(23)24-20(14)18/h2,5-10,12-13H,3-4,11H2,1H3,(H2,23,24). The molecular formula is C20H20Cl2N2O2. The van der Waals surface area contributed by atoms with E-state index in [-0.39, 0.29) is 6.10 Å². The molecule has 0 aliphatic heterocycles. The number of aromatic nitrogens is 1. The Balaban J connectivity index is 1.53. The van der Waals surface area contributed by atoms with E-state index in [1.165, 1.54) is 0 Å². The molecule has 4 nitrogen and oxygen atoms in total. The normalized spacial score (nSPS) is 12.1. The molecular weight excluding hydrogens is 371 g/mol. The van der Waals surface area contributed by atoms with Gasteiger partial charge >= 0.3 is 0 Å². The number of nitrogen functional groups attached to an aromatic ring is 1. The Morgan fingerprint density at radius 3 is 2.73 bits per heavy atom. The summed E-state index contributed by atoms with van der Waals surface area (Å²) in [6, 6.07) is 14.8. The van der Waals surface area contributed by atoms with Crippen molar-refractivity contribution in [2.75, 3.05) is 12.3 Å². The van der Waals surface area contributed by atoms with Gasteiger partial charge in [-0.3, -0.25) is 0 Å². The van der Waals surface area contributed by atoms with Gasteiger partial charge in [-0.2, -0.15) is 0 Å². The van der Waals surface area contributed by atoms with E-state index in [0.717, 1.165) is 29.5 Å². The molecule has 2 N–H and O–H groups in total. The summed E-state index contributed by atoms with van der Waals surface area (Å²) < 4.78 is 11.8. The second-order valence-electron chi connectivity index (χ2n) is 6.06. The fourth-order valence-electron chi connectivity index (χ4n) is 2.65. The highest BCUT2D eigenvalue weighted by molar-refractivity contribution is 6.35. The van der Waals surface area contributed by atoms with Gasteiger partial charge in [0.25, 0.3) is 0 Å². The van der Waals surface area contributed by atoms with Gasteiger partial charge in [-0.05, 0) is 56.2 Å². The van der Waals surface area contributed by atoms with E-state index in [4.69, 9.17) is 38.4 Å². The highest BCUT2D eigenvalue weighted by Gasteiger charge is 2.09. The summed E-state index contributed by atoms with van der Waals surface area (Å²) in [5, 5.41) is 2.11. The SMILES string of the molecule is CC(CCCOc1ccc(Cl)cc1Cl)Oc1cccc2ccc(N)nc12. The minimum absolute atomic E-state index is 0.0214. The van der Waals surface area contributed by atoms with E-state index in [1.54, 1.807) is 24.3 Å². The van der Waals surface area contributed by atoms with Gasteiger partial charge in [0.05, 0.1) is 17.7 Å². The Morgan fingerprint density at radius 1 is 1.08 bits per heavy atom. The van der Waals surface area contributed by atoms with Crippen molar-refractivity contribution in [2.24, 2.45) is 0 Å². The molecule has 26 heavy (non-hydrogen) atoms. The largest absolute Gasteiger partial charge is 0.492 e. The van der Waals surface area contributed by atoms with Crippen LogP contribution in [-0.2, 0) is 0 Å². The molecule has 0 radical (unpaired) electrons. The molecule has 1 unspecified atom stereocenters. The lowest BCUT2D eigenvalue weighted by Crippen LogP contribution is -2.13. The monoisotopic (exact) mass is 390 g/mol. The zero-order valence-electron chi connectivity index (χ0n) is 14.4. The molecule has 6 heteroatoms. The topological polar surface area (TPSA) is 57.4 Å². The van der Waals surface area contributed by atoms with Crippen molar-refractivity contribution in [3.63, 3.8) is 0 Å². The molecule has 0 bridgehead atoms. The first kappa shape index (κ1) is 18.6. The number of ether oxygens (including phenoxy) is 2. The van der Waals surface area contributed by atoms with E-state index in [9.17, 15) is 0 Å². The van der Waals surface area contributed by atoms with Crippen LogP contribution in [0.1, 0.15) is 19.8 Å². The number of pyridine rings is 1. The molecule has 2 aromatic carbocycles. The molecule has 1 aromatic heterocycles. The van der Waals surface area contributed by atoms with Crippen molar-refractivity contribution in [3.05, 3.63) is 58.6 Å². The van der Waals surface area contributed by atoms with E-state index in [1.807, 2.05) is 31.2 Å². The molecule has 0 aliphatic rings. The van der Waals surface area contributed by atoms with Crippen LogP contribution in [0.3, 0.4) is 0 Å². The van der Waals surface area contributed by atoms with Crippen LogP contribution in [-0.4, -0.2) is 17.7 Å². The first-order valence-corrected chi connectivity index (χ1v) is 9.18. The fourth-order valence-corrected chi connectivity index (χ4v) is 3.11. The van der Waals surface area contributed by atoms with Gasteiger partial charge in [0.1, 0.15) is 22.8 Å². The van der Waals surface area contributed by atoms with Crippen molar-refractivity contribution < 1.29 is 9.47 Å². The molecule has 0 aliphatic carbocycles. The van der Waals surface area contributed by atoms with Crippen LogP contribution in [0, 0.1) is 0 Å². The van der Waals surface area contributed by atoms with Crippen molar-refractivity contribution in [1.29, 1.82) is 0 Å². The number of para-hydroxylation sites is 1. The lowest BCUT2D eigenvalue weighted by molar-refractivity contribution is 0.195. The third kappa shape index (κ3) is 4.71. The minimum atomic E-state index is 0.0214. The molecule has 0 amide bonds. The predicted molar refractivity (Wildman–Crippen MR) is 107 cm³/mol. The van der Waals surface area contributed by atoms with E-state index >= 15 is 0 Å². The fraction of sp³-hybridized carbons (Fsp3) is 0.250. The lowest BCUT2D eigenvalue weighted by Gasteiger charge is -2.16. The van der Waals surface area contributed by atoms with Crippen molar-refractivity contribution in [2.45, 2.75) is 25.9 Å². The summed E-state index contributed by atoms with van der Waals surface area (Å²) in [5.41, 5.74) is 6.58. The first-order valence-electron chi connectivity index (χ1n) is 8.42. The van der Waals surface area contributed by atoms with Gasteiger partial charge in [0.15, 0.2) is 0 Å². The Hall–Kier alpha value is -2.17. The van der Waals surface area contributed by atoms with Gasteiger partial charge in [-0.25, -0.2) is 4.98 Å². The smallest absolute Gasteiger partial charge is 0.146 e. The van der Waals surface area contributed by atoms with E-state index in [2.05, 4.69) is 4.98 Å². The average Bonchev–Trinajstić information content (AvgIpc) is 2.61. The van der Waals surface area contributed by atoms with Crippen molar-refractivity contribution in [1.82, 2.24) is 4.98 Å². The van der Waals surface area contributed by atoms with E-state index < -0.39 is 0 Å². The number of halogens is 2. The summed E-state index contributed by atoms with van der Waals surface area (Å²) in [4.78, 5) is 4.38. The van der Waals surface area contributed by atoms with Gasteiger partial charge < -0.3 is 15.2 Å². The van der Waals surface area contributed by atoms with Crippen LogP contribution < -0.4 is 15.2 Å². The van der Waals surface area contributed by atoms with Crippen LogP contribution in [0.2, 0.25) is 10.0 Å². The van der Waals surface area contributed by atoms with Crippen LogP contribution in [0.25, 0.3) is 10.9 Å². The quantitative estimate of drug-likeness (QED) is 0.521. The number of hydrogen-bond donors (Lipinski definition) is 1. The molecule has 0 spiro atoms. The van der Waals surface area contributed by atoms with Crippen molar-refractivity contribution >= 4 is 39.9 Å². The van der Waals surface area contributed by atoms with E-state index in [0.29, 0.717) is 28.2 Å². The molecule has 136 valence electrons. The molecule has 0 saturated carbocycles. The second kappa shape index (κ2) is 8.47. The third-order valence-corrected chi connectivity index (χ3v) is 4.47. The Bertz CT molecular complexity index is 902.